The Morgan fingerprint density at radius 2 is 1.54 bits per heavy atom. The number of anilines is 1. The third kappa shape index (κ3) is 7.82. The van der Waals surface area contributed by atoms with Crippen LogP contribution in [-0.2, 0) is 26.4 Å². The van der Waals surface area contributed by atoms with E-state index in [0.717, 1.165) is 66.9 Å². The zero-order chi connectivity index (χ0) is 25.1. The summed E-state index contributed by atoms with van der Waals surface area (Å²) in [6, 6.07) is 24.1. The van der Waals surface area contributed by atoms with E-state index in [0.29, 0.717) is 6.61 Å². The van der Waals surface area contributed by atoms with Gasteiger partial charge in [0.25, 0.3) is 0 Å². The van der Waals surface area contributed by atoms with Crippen LogP contribution in [0.1, 0.15) is 61.8 Å². The minimum absolute atomic E-state index is 0.0930. The quantitative estimate of drug-likeness (QED) is 0.282. The van der Waals surface area contributed by atoms with Crippen molar-refractivity contribution in [2.75, 3.05) is 11.4 Å². The molecule has 35 heavy (non-hydrogen) atoms. The number of hydrogen-bond donors (Lipinski definition) is 3. The Morgan fingerprint density at radius 3 is 2.23 bits per heavy atom. The van der Waals surface area contributed by atoms with Gasteiger partial charge in [0.05, 0.1) is 18.8 Å². The van der Waals surface area contributed by atoms with E-state index in [-0.39, 0.29) is 13.2 Å². The molecule has 0 fully saturated rings. The van der Waals surface area contributed by atoms with Gasteiger partial charge in [-0.15, -0.1) is 0 Å². The van der Waals surface area contributed by atoms with Crippen LogP contribution >= 0.6 is 0 Å². The van der Waals surface area contributed by atoms with E-state index >= 15 is 0 Å². The Labute approximate surface area is 209 Å². The van der Waals surface area contributed by atoms with Gasteiger partial charge in [0.15, 0.2) is 0 Å². The Hall–Kier alpha value is -2.86. The van der Waals surface area contributed by atoms with Crippen LogP contribution in [0.25, 0.3) is 0 Å². The summed E-state index contributed by atoms with van der Waals surface area (Å²) in [4.78, 5) is 2.34. The first kappa shape index (κ1) is 26.7. The fraction of sp³-hybridized carbons (Fsp3) is 0.400. The lowest BCUT2D eigenvalue weighted by Crippen LogP contribution is -2.30. The lowest BCUT2D eigenvalue weighted by atomic mass is 9.92. The van der Waals surface area contributed by atoms with Crippen molar-refractivity contribution in [2.45, 2.75) is 71.5 Å². The maximum absolute atomic E-state index is 10.7. The van der Waals surface area contributed by atoms with Crippen molar-refractivity contribution >= 4 is 5.69 Å². The molecule has 5 nitrogen and oxygen atoms in total. The first-order chi connectivity index (χ1) is 17.0. The topological polar surface area (TPSA) is 73.2 Å². The highest BCUT2D eigenvalue weighted by Gasteiger charge is 2.22. The van der Waals surface area contributed by atoms with Gasteiger partial charge in [-0.1, -0.05) is 62.4 Å². The summed E-state index contributed by atoms with van der Waals surface area (Å²) < 4.78 is 6.09. The summed E-state index contributed by atoms with van der Waals surface area (Å²) in [5, 5.41) is 29.7. The molecule has 0 aromatic heterocycles. The van der Waals surface area contributed by atoms with Crippen LogP contribution in [0.4, 0.5) is 5.69 Å². The molecule has 0 saturated carbocycles. The third-order valence-electron chi connectivity index (χ3n) is 6.80. The predicted octanol–water partition coefficient (Wildman–Crippen LogP) is 5.59. The number of aliphatic hydroxyl groups is 3. The van der Waals surface area contributed by atoms with Crippen LogP contribution in [0.3, 0.4) is 0 Å². The van der Waals surface area contributed by atoms with Gasteiger partial charge in [-0.2, -0.15) is 0 Å². The Bertz CT molecular complexity index is 1030. The van der Waals surface area contributed by atoms with Crippen molar-refractivity contribution in [3.05, 3.63) is 95.1 Å². The number of aliphatic hydroxyl groups excluding tert-OH is 2. The molecule has 0 radical (unpaired) electrons. The standard InChI is InChI=1S/C30H39NO4/c1-3-30(34,4-2)16-9-17-31(20-24-10-6-5-7-11-24)28-12-8-13-29(19-28)35-23-25-14-15-26(21-32)27(18-25)22-33/h5-8,10-15,18-19,32-34H,3-4,9,16-17,20-23H2,1-2H3. The monoisotopic (exact) mass is 477 g/mol. The van der Waals surface area contributed by atoms with E-state index in [4.69, 9.17) is 4.74 Å². The van der Waals surface area contributed by atoms with E-state index in [2.05, 4.69) is 41.3 Å². The normalized spacial score (nSPS) is 11.5. The van der Waals surface area contributed by atoms with E-state index in [9.17, 15) is 15.3 Å². The van der Waals surface area contributed by atoms with Gasteiger partial charge in [0.2, 0.25) is 0 Å². The molecule has 0 aliphatic carbocycles. The summed E-state index contributed by atoms with van der Waals surface area (Å²) in [7, 11) is 0. The second-order valence-electron chi connectivity index (χ2n) is 9.15. The fourth-order valence-electron chi connectivity index (χ4n) is 4.31. The van der Waals surface area contributed by atoms with Crippen LogP contribution in [-0.4, -0.2) is 27.5 Å². The first-order valence-electron chi connectivity index (χ1n) is 12.6. The summed E-state index contributed by atoms with van der Waals surface area (Å²) in [5.41, 5.74) is 4.11. The van der Waals surface area contributed by atoms with Crippen molar-refractivity contribution in [1.29, 1.82) is 0 Å². The van der Waals surface area contributed by atoms with Gasteiger partial charge in [0, 0.05) is 24.8 Å². The zero-order valence-electron chi connectivity index (χ0n) is 21.0. The van der Waals surface area contributed by atoms with Crippen LogP contribution in [0, 0.1) is 0 Å². The highest BCUT2D eigenvalue weighted by atomic mass is 16.5. The summed E-state index contributed by atoms with van der Waals surface area (Å²) in [6.45, 7) is 5.89. The molecule has 0 saturated heterocycles. The van der Waals surface area contributed by atoms with E-state index < -0.39 is 5.60 Å². The summed E-state index contributed by atoms with van der Waals surface area (Å²) in [5.74, 6) is 0.774. The molecule has 3 aromatic carbocycles. The van der Waals surface area contributed by atoms with Gasteiger partial charge < -0.3 is 25.0 Å². The largest absolute Gasteiger partial charge is 0.489 e. The van der Waals surface area contributed by atoms with Crippen molar-refractivity contribution < 1.29 is 20.1 Å². The number of nitrogens with zero attached hydrogens (tertiary/aromatic N) is 1. The number of ether oxygens (including phenoxy) is 1. The highest BCUT2D eigenvalue weighted by molar-refractivity contribution is 5.51. The molecule has 0 atom stereocenters. The van der Waals surface area contributed by atoms with Crippen molar-refractivity contribution in [1.82, 2.24) is 0 Å². The molecule has 0 bridgehead atoms. The molecule has 0 amide bonds. The Morgan fingerprint density at radius 1 is 0.800 bits per heavy atom. The molecule has 3 aromatic rings. The van der Waals surface area contributed by atoms with E-state index in [1.165, 1.54) is 5.56 Å². The van der Waals surface area contributed by atoms with Crippen LogP contribution < -0.4 is 9.64 Å². The Balaban J connectivity index is 1.72. The van der Waals surface area contributed by atoms with Crippen LogP contribution in [0.5, 0.6) is 5.75 Å². The zero-order valence-corrected chi connectivity index (χ0v) is 21.0. The second kappa shape index (κ2) is 13.3. The second-order valence-corrected chi connectivity index (χ2v) is 9.15. The Kier molecular flexibility index (Phi) is 10.2. The highest BCUT2D eigenvalue weighted by Crippen LogP contribution is 2.26. The summed E-state index contributed by atoms with van der Waals surface area (Å²) >= 11 is 0. The molecule has 3 N–H and O–H groups in total. The van der Waals surface area contributed by atoms with Crippen molar-refractivity contribution in [3.8, 4) is 5.75 Å². The molecule has 3 rings (SSSR count). The van der Waals surface area contributed by atoms with Gasteiger partial charge in [0.1, 0.15) is 12.4 Å². The van der Waals surface area contributed by atoms with E-state index in [1.54, 1.807) is 0 Å². The molecule has 0 spiro atoms. The van der Waals surface area contributed by atoms with Crippen molar-refractivity contribution in [3.63, 3.8) is 0 Å². The number of rotatable bonds is 14. The van der Waals surface area contributed by atoms with Crippen LogP contribution in [0.15, 0.2) is 72.8 Å². The molecule has 0 aliphatic heterocycles. The SMILES string of the molecule is CCC(O)(CC)CCCN(Cc1ccccc1)c1cccc(OCc2ccc(CO)c(CO)c2)c1. The van der Waals surface area contributed by atoms with Crippen molar-refractivity contribution in [2.24, 2.45) is 0 Å². The molecule has 0 heterocycles. The van der Waals surface area contributed by atoms with Crippen LogP contribution in [0.2, 0.25) is 0 Å². The maximum atomic E-state index is 10.7. The third-order valence-corrected chi connectivity index (χ3v) is 6.80. The molecule has 0 unspecified atom stereocenters. The lowest BCUT2D eigenvalue weighted by Gasteiger charge is -2.29. The number of benzene rings is 3. The number of hydrogen-bond acceptors (Lipinski definition) is 5. The molecule has 0 aliphatic rings. The average Bonchev–Trinajstić information content (AvgIpc) is 2.91. The van der Waals surface area contributed by atoms with Gasteiger partial charge in [-0.25, -0.2) is 0 Å². The maximum Gasteiger partial charge on any atom is 0.121 e. The smallest absolute Gasteiger partial charge is 0.121 e. The minimum atomic E-state index is -0.595. The minimum Gasteiger partial charge on any atom is -0.489 e. The van der Waals surface area contributed by atoms with E-state index in [1.807, 2.05) is 50.2 Å². The average molecular weight is 478 g/mol. The van der Waals surface area contributed by atoms with Gasteiger partial charge in [-0.05, 0) is 66.1 Å². The molecule has 5 heteroatoms. The first-order valence-corrected chi connectivity index (χ1v) is 12.6. The summed E-state index contributed by atoms with van der Waals surface area (Å²) in [6.07, 6.45) is 3.21. The molecular weight excluding hydrogens is 438 g/mol. The van der Waals surface area contributed by atoms with Gasteiger partial charge >= 0.3 is 0 Å². The van der Waals surface area contributed by atoms with Gasteiger partial charge in [-0.3, -0.25) is 0 Å². The molecule has 188 valence electrons. The fourth-order valence-corrected chi connectivity index (χ4v) is 4.31. The molecular formula is C30H39NO4. The lowest BCUT2D eigenvalue weighted by molar-refractivity contribution is 0.0222. The predicted molar refractivity (Wildman–Crippen MR) is 141 cm³/mol.